The van der Waals surface area contributed by atoms with Gasteiger partial charge in [0.05, 0.1) is 22.5 Å². The van der Waals surface area contributed by atoms with Gasteiger partial charge in [-0.05, 0) is 37.6 Å². The maximum Gasteiger partial charge on any atom is 0.416 e. The Kier molecular flexibility index (Phi) is 4.61. The Morgan fingerprint density at radius 2 is 2.05 bits per heavy atom. The van der Waals surface area contributed by atoms with E-state index in [2.05, 4.69) is 4.98 Å². The first-order valence-corrected chi connectivity index (χ1v) is 8.20. The van der Waals surface area contributed by atoms with Crippen molar-refractivity contribution in [2.24, 2.45) is 0 Å². The summed E-state index contributed by atoms with van der Waals surface area (Å²) in [6.07, 6.45) is -3.27. The number of benzene rings is 1. The Bertz CT molecular complexity index is 733. The lowest BCUT2D eigenvalue weighted by molar-refractivity contribution is -0.137. The van der Waals surface area contributed by atoms with Crippen molar-refractivity contribution in [2.75, 3.05) is 0 Å². The van der Waals surface area contributed by atoms with Crippen LogP contribution in [0.3, 0.4) is 0 Å². The van der Waals surface area contributed by atoms with Crippen LogP contribution in [0, 0.1) is 0 Å². The van der Waals surface area contributed by atoms with Crippen LogP contribution in [0.15, 0.2) is 30.5 Å². The number of nitrogens with zero attached hydrogens (tertiary/aromatic N) is 1. The number of rotatable bonds is 4. The Morgan fingerprint density at radius 3 is 2.64 bits per heavy atom. The van der Waals surface area contributed by atoms with Crippen molar-refractivity contribution >= 4 is 23.8 Å². The van der Waals surface area contributed by atoms with E-state index in [1.165, 1.54) is 18.3 Å². The maximum atomic E-state index is 12.8. The number of aromatic nitrogens is 1. The summed E-state index contributed by atoms with van der Waals surface area (Å²) >= 11 is 0. The first kappa shape index (κ1) is 16.9. The lowest BCUT2D eigenvalue weighted by Crippen LogP contribution is -2.15. The molecule has 4 nitrogen and oxygen atoms in total. The molecule has 1 heterocycles. The standard InChI is InChI=1S/C14H15F3NO3P/c1-3-9(2)21-22(19,20)13-6-7-18-12-5-4-10(8-11(12)13)14(15,16)17/h4-9H,3H2,1-2H3,(H,19,20). The summed E-state index contributed by atoms with van der Waals surface area (Å²) in [5.41, 5.74) is -0.703. The summed E-state index contributed by atoms with van der Waals surface area (Å²) in [5, 5.41) is -0.213. The monoisotopic (exact) mass is 333 g/mol. The van der Waals surface area contributed by atoms with E-state index in [4.69, 9.17) is 4.52 Å². The highest BCUT2D eigenvalue weighted by atomic mass is 31.2. The van der Waals surface area contributed by atoms with E-state index in [-0.39, 0.29) is 16.2 Å². The fourth-order valence-corrected chi connectivity index (χ4v) is 3.42. The zero-order valence-electron chi connectivity index (χ0n) is 12.0. The second-order valence-electron chi connectivity index (χ2n) is 4.90. The van der Waals surface area contributed by atoms with Gasteiger partial charge in [0.2, 0.25) is 0 Å². The lowest BCUT2D eigenvalue weighted by atomic mass is 10.1. The molecule has 0 saturated heterocycles. The number of hydrogen-bond acceptors (Lipinski definition) is 3. The van der Waals surface area contributed by atoms with Crippen molar-refractivity contribution in [1.29, 1.82) is 0 Å². The van der Waals surface area contributed by atoms with Gasteiger partial charge < -0.3 is 9.42 Å². The highest BCUT2D eigenvalue weighted by Gasteiger charge is 2.33. The molecule has 0 bridgehead atoms. The third-order valence-corrected chi connectivity index (χ3v) is 4.89. The maximum absolute atomic E-state index is 12.8. The normalized spacial score (nSPS) is 16.5. The summed E-state index contributed by atoms with van der Waals surface area (Å²) in [6.45, 7) is 3.39. The molecule has 8 heteroatoms. The van der Waals surface area contributed by atoms with Gasteiger partial charge in [-0.1, -0.05) is 6.92 Å². The van der Waals surface area contributed by atoms with Gasteiger partial charge in [0, 0.05) is 11.6 Å². The second kappa shape index (κ2) is 5.99. The smallest absolute Gasteiger partial charge is 0.321 e. The third-order valence-electron chi connectivity index (χ3n) is 3.25. The second-order valence-corrected chi connectivity index (χ2v) is 6.64. The summed E-state index contributed by atoms with van der Waals surface area (Å²) in [5.74, 6) is 0. The van der Waals surface area contributed by atoms with Crippen LogP contribution in [0.4, 0.5) is 13.2 Å². The molecule has 1 N–H and O–H groups in total. The molecule has 0 fully saturated rings. The molecule has 1 aromatic carbocycles. The topological polar surface area (TPSA) is 59.4 Å². The van der Waals surface area contributed by atoms with E-state index in [1.807, 2.05) is 0 Å². The van der Waals surface area contributed by atoms with E-state index < -0.39 is 25.4 Å². The van der Waals surface area contributed by atoms with E-state index >= 15 is 0 Å². The number of fused-ring (bicyclic) bond motifs is 1. The highest BCUT2D eigenvalue weighted by molar-refractivity contribution is 7.61. The molecule has 0 spiro atoms. The highest BCUT2D eigenvalue weighted by Crippen LogP contribution is 2.44. The molecule has 2 aromatic rings. The molecule has 2 rings (SSSR count). The molecule has 0 radical (unpaired) electrons. The van der Waals surface area contributed by atoms with Crippen LogP contribution < -0.4 is 5.30 Å². The Hall–Kier alpha value is -1.43. The number of hydrogen-bond donors (Lipinski definition) is 1. The van der Waals surface area contributed by atoms with Crippen molar-refractivity contribution in [3.63, 3.8) is 0 Å². The van der Waals surface area contributed by atoms with Crippen LogP contribution in [0.5, 0.6) is 0 Å². The summed E-state index contributed by atoms with van der Waals surface area (Å²) in [6, 6.07) is 4.09. The van der Waals surface area contributed by atoms with Crippen LogP contribution >= 0.6 is 7.60 Å². The van der Waals surface area contributed by atoms with Crippen LogP contribution in [-0.4, -0.2) is 16.0 Å². The molecule has 0 aliphatic heterocycles. The molecule has 2 atom stereocenters. The molecule has 0 saturated carbocycles. The SMILES string of the molecule is CCC(C)OP(=O)(O)c1ccnc2ccc(C(F)(F)F)cc12. The Morgan fingerprint density at radius 1 is 1.36 bits per heavy atom. The first-order chi connectivity index (χ1) is 10.1. The van der Waals surface area contributed by atoms with E-state index in [0.717, 1.165) is 12.1 Å². The van der Waals surface area contributed by atoms with Gasteiger partial charge in [-0.3, -0.25) is 9.55 Å². The van der Waals surface area contributed by atoms with Crippen molar-refractivity contribution in [2.45, 2.75) is 32.5 Å². The van der Waals surface area contributed by atoms with Crippen molar-refractivity contribution in [3.8, 4) is 0 Å². The van der Waals surface area contributed by atoms with E-state index in [9.17, 15) is 22.6 Å². The third kappa shape index (κ3) is 3.48. The molecule has 0 aliphatic rings. The van der Waals surface area contributed by atoms with Crippen molar-refractivity contribution in [1.82, 2.24) is 4.98 Å². The number of pyridine rings is 1. The zero-order valence-corrected chi connectivity index (χ0v) is 12.9. The minimum Gasteiger partial charge on any atom is -0.321 e. The number of alkyl halides is 3. The van der Waals surface area contributed by atoms with Crippen molar-refractivity contribution in [3.05, 3.63) is 36.0 Å². The van der Waals surface area contributed by atoms with Crippen LogP contribution in [-0.2, 0) is 15.3 Å². The zero-order chi connectivity index (χ0) is 16.5. The lowest BCUT2D eigenvalue weighted by Gasteiger charge is -2.18. The minimum atomic E-state index is -4.54. The molecule has 120 valence electrons. The fourth-order valence-electron chi connectivity index (χ4n) is 1.93. The molecule has 2 unspecified atom stereocenters. The van der Waals surface area contributed by atoms with Gasteiger partial charge in [0.25, 0.3) is 0 Å². The van der Waals surface area contributed by atoms with Gasteiger partial charge in [0.15, 0.2) is 0 Å². The summed E-state index contributed by atoms with van der Waals surface area (Å²) in [4.78, 5) is 14.0. The summed E-state index contributed by atoms with van der Waals surface area (Å²) in [7, 11) is -4.24. The first-order valence-electron chi connectivity index (χ1n) is 6.63. The van der Waals surface area contributed by atoms with E-state index in [1.54, 1.807) is 13.8 Å². The van der Waals surface area contributed by atoms with Gasteiger partial charge in [-0.25, -0.2) is 0 Å². The van der Waals surface area contributed by atoms with E-state index in [0.29, 0.717) is 6.42 Å². The van der Waals surface area contributed by atoms with Gasteiger partial charge in [-0.2, -0.15) is 13.2 Å². The van der Waals surface area contributed by atoms with Crippen molar-refractivity contribution < 1.29 is 27.2 Å². The Labute approximate surface area is 125 Å². The summed E-state index contributed by atoms with van der Waals surface area (Å²) < 4.78 is 56.0. The fraction of sp³-hybridized carbons (Fsp3) is 0.357. The predicted octanol–water partition coefficient (Wildman–Crippen LogP) is 3.88. The van der Waals surface area contributed by atoms with Gasteiger partial charge >= 0.3 is 13.8 Å². The molecular weight excluding hydrogens is 318 g/mol. The van der Waals surface area contributed by atoms with Gasteiger partial charge in [0.1, 0.15) is 0 Å². The molecule has 22 heavy (non-hydrogen) atoms. The molecular formula is C14H15F3NO3P. The quantitative estimate of drug-likeness (QED) is 0.863. The molecule has 0 aliphatic carbocycles. The average molecular weight is 333 g/mol. The largest absolute Gasteiger partial charge is 0.416 e. The van der Waals surface area contributed by atoms with Gasteiger partial charge in [-0.15, -0.1) is 0 Å². The molecule has 0 amide bonds. The Balaban J connectivity index is 2.61. The van der Waals surface area contributed by atoms with Crippen LogP contribution in [0.25, 0.3) is 10.9 Å². The molecule has 1 aromatic heterocycles. The average Bonchev–Trinajstić information content (AvgIpc) is 2.44. The number of halogens is 3. The van der Waals surface area contributed by atoms with Crippen LogP contribution in [0.1, 0.15) is 25.8 Å². The minimum absolute atomic E-state index is 0.0357. The predicted molar refractivity (Wildman–Crippen MR) is 77.0 cm³/mol. The van der Waals surface area contributed by atoms with Crippen LogP contribution in [0.2, 0.25) is 0 Å².